The van der Waals surface area contributed by atoms with Crippen molar-refractivity contribution in [1.29, 1.82) is 0 Å². The second-order valence-corrected chi connectivity index (χ2v) is 6.73. The summed E-state index contributed by atoms with van der Waals surface area (Å²) in [5, 5.41) is 20.2. The van der Waals surface area contributed by atoms with E-state index < -0.39 is 12.0 Å². The molecule has 1 amide bonds. The number of hydrogen-bond donors (Lipinski definition) is 3. The van der Waals surface area contributed by atoms with Crippen molar-refractivity contribution in [2.24, 2.45) is 5.73 Å². The number of β-amino-alcohol motifs (C(OH)–C–C–N with tert-alkyl or cyclic N) is 1. The van der Waals surface area contributed by atoms with Crippen molar-refractivity contribution in [3.63, 3.8) is 0 Å². The van der Waals surface area contributed by atoms with Crippen LogP contribution in [0.15, 0.2) is 42.5 Å². The normalized spacial score (nSPS) is 15.9. The minimum Gasteiger partial charge on any atom is -0.507 e. The van der Waals surface area contributed by atoms with Crippen molar-refractivity contribution in [3.8, 4) is 5.75 Å². The number of piperazine rings is 1. The number of rotatable bonds is 5. The Kier molecular flexibility index (Phi) is 7.07. The number of aliphatic hydroxyl groups is 1. The van der Waals surface area contributed by atoms with E-state index in [1.54, 1.807) is 6.07 Å². The Hall–Kier alpha value is -2.28. The SMILES string of the molecule is Cc1ccccc1N1CCN(CC(O)c2ccc(O)c(C(N)=O)c2)CC1.Cl. The number of aliphatic hydroxyl groups excluding tert-OH is 1. The van der Waals surface area contributed by atoms with Gasteiger partial charge in [-0.1, -0.05) is 24.3 Å². The number of aryl methyl sites for hydroxylation is 1. The number of primary amides is 1. The lowest BCUT2D eigenvalue weighted by Crippen LogP contribution is -2.47. The molecule has 1 unspecified atom stereocenters. The Labute approximate surface area is 165 Å². The summed E-state index contributed by atoms with van der Waals surface area (Å²) < 4.78 is 0. The molecule has 1 aliphatic rings. The van der Waals surface area contributed by atoms with Crippen LogP contribution in [0.25, 0.3) is 0 Å². The third kappa shape index (κ3) is 4.91. The summed E-state index contributed by atoms with van der Waals surface area (Å²) in [5.41, 5.74) is 8.40. The van der Waals surface area contributed by atoms with Crippen molar-refractivity contribution in [2.75, 3.05) is 37.6 Å². The van der Waals surface area contributed by atoms with E-state index in [2.05, 4.69) is 34.9 Å². The van der Waals surface area contributed by atoms with Crippen LogP contribution in [0.3, 0.4) is 0 Å². The molecule has 2 aromatic carbocycles. The predicted octanol–water partition coefficient (Wildman–Crippen LogP) is 2.08. The van der Waals surface area contributed by atoms with Crippen LogP contribution >= 0.6 is 12.4 Å². The van der Waals surface area contributed by atoms with E-state index in [0.717, 1.165) is 26.2 Å². The first kappa shape index (κ1) is 21.0. The topological polar surface area (TPSA) is 90.0 Å². The van der Waals surface area contributed by atoms with Crippen LogP contribution in [-0.2, 0) is 0 Å². The van der Waals surface area contributed by atoms with Crippen molar-refractivity contribution >= 4 is 24.0 Å². The molecule has 3 rings (SSSR count). The van der Waals surface area contributed by atoms with E-state index in [1.807, 2.05) is 6.07 Å². The average molecular weight is 392 g/mol. The second kappa shape index (κ2) is 9.08. The van der Waals surface area contributed by atoms with Crippen molar-refractivity contribution in [1.82, 2.24) is 4.90 Å². The second-order valence-electron chi connectivity index (χ2n) is 6.73. The maximum absolute atomic E-state index is 11.3. The Balaban J connectivity index is 0.00000261. The van der Waals surface area contributed by atoms with E-state index in [0.29, 0.717) is 12.1 Å². The minimum atomic E-state index is -0.737. The molecular weight excluding hydrogens is 366 g/mol. The number of nitrogens with two attached hydrogens (primary N) is 1. The molecule has 4 N–H and O–H groups in total. The number of halogens is 1. The number of carbonyl (C=O) groups is 1. The first-order valence-electron chi connectivity index (χ1n) is 8.79. The maximum atomic E-state index is 11.3. The summed E-state index contributed by atoms with van der Waals surface area (Å²) in [6.07, 6.45) is -0.737. The molecule has 0 radical (unpaired) electrons. The number of carbonyl (C=O) groups excluding carboxylic acids is 1. The van der Waals surface area contributed by atoms with Crippen LogP contribution in [0.5, 0.6) is 5.75 Å². The molecule has 1 fully saturated rings. The van der Waals surface area contributed by atoms with E-state index in [4.69, 9.17) is 5.73 Å². The van der Waals surface area contributed by atoms with Gasteiger partial charge in [0.05, 0.1) is 11.7 Å². The first-order valence-corrected chi connectivity index (χ1v) is 8.79. The first-order chi connectivity index (χ1) is 12.5. The van der Waals surface area contributed by atoms with E-state index in [9.17, 15) is 15.0 Å². The summed E-state index contributed by atoms with van der Waals surface area (Å²) in [6, 6.07) is 12.8. The zero-order chi connectivity index (χ0) is 18.7. The minimum absolute atomic E-state index is 0. The molecule has 0 bridgehead atoms. The summed E-state index contributed by atoms with van der Waals surface area (Å²) in [5.74, 6) is -0.872. The highest BCUT2D eigenvalue weighted by Gasteiger charge is 2.21. The van der Waals surface area contributed by atoms with Gasteiger partial charge in [-0.15, -0.1) is 12.4 Å². The molecule has 1 aliphatic heterocycles. The lowest BCUT2D eigenvalue weighted by molar-refractivity contribution is 0.0995. The number of para-hydroxylation sites is 1. The molecule has 0 aliphatic carbocycles. The van der Waals surface area contributed by atoms with Crippen molar-refractivity contribution in [3.05, 3.63) is 59.2 Å². The number of anilines is 1. The highest BCUT2D eigenvalue weighted by atomic mass is 35.5. The molecule has 146 valence electrons. The van der Waals surface area contributed by atoms with Gasteiger partial charge < -0.3 is 20.8 Å². The average Bonchev–Trinajstić information content (AvgIpc) is 2.63. The third-order valence-electron chi connectivity index (χ3n) is 4.93. The lowest BCUT2D eigenvalue weighted by Gasteiger charge is -2.37. The van der Waals surface area contributed by atoms with Crippen LogP contribution in [0.1, 0.15) is 27.6 Å². The fraction of sp³-hybridized carbons (Fsp3) is 0.350. The number of benzene rings is 2. The molecule has 0 aromatic heterocycles. The fourth-order valence-electron chi connectivity index (χ4n) is 3.40. The zero-order valence-electron chi connectivity index (χ0n) is 15.3. The van der Waals surface area contributed by atoms with Crippen LogP contribution in [-0.4, -0.2) is 53.7 Å². The standard InChI is InChI=1S/C20H25N3O3.ClH/c1-14-4-2-3-5-17(14)23-10-8-22(9-11-23)13-19(25)15-6-7-18(24)16(12-15)20(21)26;/h2-7,12,19,24-25H,8-11,13H2,1H3,(H2,21,26);1H. The highest BCUT2D eigenvalue weighted by Crippen LogP contribution is 2.24. The summed E-state index contributed by atoms with van der Waals surface area (Å²) in [7, 11) is 0. The highest BCUT2D eigenvalue weighted by molar-refractivity contribution is 5.95. The monoisotopic (exact) mass is 391 g/mol. The molecule has 7 heteroatoms. The Morgan fingerprint density at radius 1 is 1.15 bits per heavy atom. The largest absolute Gasteiger partial charge is 0.507 e. The van der Waals surface area contributed by atoms with Crippen LogP contribution in [0.2, 0.25) is 0 Å². The molecule has 0 saturated carbocycles. The Morgan fingerprint density at radius 2 is 1.81 bits per heavy atom. The quantitative estimate of drug-likeness (QED) is 0.726. The number of nitrogens with zero attached hydrogens (tertiary/aromatic N) is 2. The Bertz CT molecular complexity index is 792. The van der Waals surface area contributed by atoms with Crippen LogP contribution < -0.4 is 10.6 Å². The number of aromatic hydroxyl groups is 1. The van der Waals surface area contributed by atoms with Crippen LogP contribution in [0, 0.1) is 6.92 Å². The van der Waals surface area contributed by atoms with E-state index in [-0.39, 0.29) is 23.7 Å². The van der Waals surface area contributed by atoms with Crippen LogP contribution in [0.4, 0.5) is 5.69 Å². The molecule has 1 atom stereocenters. The van der Waals surface area contributed by atoms with Gasteiger partial charge in [-0.2, -0.15) is 0 Å². The smallest absolute Gasteiger partial charge is 0.252 e. The summed E-state index contributed by atoms with van der Waals surface area (Å²) >= 11 is 0. The van der Waals surface area contributed by atoms with Gasteiger partial charge in [0.25, 0.3) is 5.91 Å². The summed E-state index contributed by atoms with van der Waals surface area (Å²) in [6.45, 7) is 6.11. The van der Waals surface area contributed by atoms with Crippen molar-refractivity contribution in [2.45, 2.75) is 13.0 Å². The predicted molar refractivity (Wildman–Crippen MR) is 109 cm³/mol. The maximum Gasteiger partial charge on any atom is 0.252 e. The van der Waals surface area contributed by atoms with Gasteiger partial charge in [-0.3, -0.25) is 9.69 Å². The molecule has 2 aromatic rings. The third-order valence-corrected chi connectivity index (χ3v) is 4.93. The van der Waals surface area contributed by atoms with Gasteiger partial charge in [0.15, 0.2) is 0 Å². The van der Waals surface area contributed by atoms with Gasteiger partial charge in [0, 0.05) is 38.4 Å². The number of hydrogen-bond acceptors (Lipinski definition) is 5. The van der Waals surface area contributed by atoms with E-state index in [1.165, 1.54) is 23.4 Å². The van der Waals surface area contributed by atoms with Gasteiger partial charge in [0.2, 0.25) is 0 Å². The fourth-order valence-corrected chi connectivity index (χ4v) is 3.40. The molecule has 6 nitrogen and oxygen atoms in total. The zero-order valence-corrected chi connectivity index (χ0v) is 16.2. The summed E-state index contributed by atoms with van der Waals surface area (Å²) in [4.78, 5) is 15.9. The van der Waals surface area contributed by atoms with Gasteiger partial charge in [-0.05, 0) is 36.2 Å². The Morgan fingerprint density at radius 3 is 2.44 bits per heavy atom. The number of phenols is 1. The molecule has 0 spiro atoms. The van der Waals surface area contributed by atoms with Gasteiger partial charge >= 0.3 is 0 Å². The molecule has 27 heavy (non-hydrogen) atoms. The van der Waals surface area contributed by atoms with Gasteiger partial charge in [-0.25, -0.2) is 0 Å². The van der Waals surface area contributed by atoms with E-state index >= 15 is 0 Å². The lowest BCUT2D eigenvalue weighted by atomic mass is 10.0. The molecule has 1 saturated heterocycles. The molecule has 1 heterocycles. The van der Waals surface area contributed by atoms with Gasteiger partial charge in [0.1, 0.15) is 5.75 Å². The number of amides is 1. The molecular formula is C20H26ClN3O3. The van der Waals surface area contributed by atoms with Crippen molar-refractivity contribution < 1.29 is 15.0 Å².